The largest absolute Gasteiger partial charge is 0.351 e. The maximum atomic E-state index is 12.5. The van der Waals surface area contributed by atoms with Crippen molar-refractivity contribution in [2.24, 2.45) is 0 Å². The quantitative estimate of drug-likeness (QED) is 0.553. The molecule has 6 nitrogen and oxygen atoms in total. The van der Waals surface area contributed by atoms with E-state index in [2.05, 4.69) is 22.3 Å². The third-order valence-electron chi connectivity index (χ3n) is 3.83. The molecule has 8 heteroatoms. The van der Waals surface area contributed by atoms with E-state index in [0.29, 0.717) is 24.3 Å². The number of rotatable bonds is 9. The Morgan fingerprint density at radius 3 is 2.26 bits per heavy atom. The number of aryl methyl sites for hydroxylation is 1. The second-order valence-corrected chi connectivity index (χ2v) is 7.63. The number of sulfonamides is 1. The molecule has 0 aromatic heterocycles. The third kappa shape index (κ3) is 6.86. The van der Waals surface area contributed by atoms with Gasteiger partial charge in [-0.05, 0) is 55.8 Å². The van der Waals surface area contributed by atoms with E-state index < -0.39 is 10.0 Å². The van der Waals surface area contributed by atoms with Crippen LogP contribution in [0.25, 0.3) is 0 Å². The molecule has 0 atom stereocenters. The molecule has 0 aliphatic rings. The van der Waals surface area contributed by atoms with Crippen molar-refractivity contribution < 1.29 is 13.2 Å². The number of nitrogens with one attached hydrogen (secondary N) is 3. The summed E-state index contributed by atoms with van der Waals surface area (Å²) in [6.45, 7) is 6.05. The lowest BCUT2D eigenvalue weighted by molar-refractivity contribution is 0.0954. The highest BCUT2D eigenvalue weighted by atomic mass is 35.5. The number of carbonyl (C=O) groups excluding carboxylic acids is 1. The van der Waals surface area contributed by atoms with E-state index in [1.165, 1.54) is 24.3 Å². The predicted molar refractivity (Wildman–Crippen MR) is 111 cm³/mol. The molecule has 0 saturated carbocycles. The summed E-state index contributed by atoms with van der Waals surface area (Å²) < 4.78 is 27.5. The molecule has 0 heterocycles. The first-order valence-corrected chi connectivity index (χ1v) is 10.1. The van der Waals surface area contributed by atoms with Gasteiger partial charge in [-0.2, -0.15) is 0 Å². The molecule has 0 fully saturated rings. The van der Waals surface area contributed by atoms with E-state index in [1.807, 2.05) is 19.1 Å². The Labute approximate surface area is 167 Å². The van der Waals surface area contributed by atoms with E-state index in [-0.39, 0.29) is 23.2 Å². The van der Waals surface area contributed by atoms with Gasteiger partial charge in [0.05, 0.1) is 10.6 Å². The molecule has 1 amide bonds. The Kier molecular flexibility index (Phi) is 9.28. The van der Waals surface area contributed by atoms with Crippen LogP contribution in [0.5, 0.6) is 0 Å². The lowest BCUT2D eigenvalue weighted by Crippen LogP contribution is -2.32. The van der Waals surface area contributed by atoms with Crippen LogP contribution in [0.15, 0.2) is 53.4 Å². The first-order valence-electron chi connectivity index (χ1n) is 8.61. The molecular weight excluding hydrogens is 386 g/mol. The first kappa shape index (κ1) is 23.0. The van der Waals surface area contributed by atoms with Gasteiger partial charge in [-0.3, -0.25) is 9.52 Å². The Hall–Kier alpha value is -2.09. The summed E-state index contributed by atoms with van der Waals surface area (Å²) in [7, 11) is -3.70. The molecule has 0 bridgehead atoms. The van der Waals surface area contributed by atoms with E-state index in [0.717, 1.165) is 18.5 Å². The lowest BCUT2D eigenvalue weighted by atomic mass is 10.2. The van der Waals surface area contributed by atoms with E-state index in [4.69, 9.17) is 0 Å². The molecular formula is C19H26ClN3O3S. The van der Waals surface area contributed by atoms with E-state index in [1.54, 1.807) is 12.1 Å². The van der Waals surface area contributed by atoms with Gasteiger partial charge in [-0.15, -0.1) is 12.4 Å². The number of carbonyl (C=O) groups is 1. The number of anilines is 1. The maximum absolute atomic E-state index is 12.5. The topological polar surface area (TPSA) is 87.3 Å². The second-order valence-electron chi connectivity index (χ2n) is 5.95. The number of hydrogen-bond acceptors (Lipinski definition) is 4. The molecule has 2 aromatic carbocycles. The van der Waals surface area contributed by atoms with Crippen LogP contribution in [0.2, 0.25) is 0 Å². The van der Waals surface area contributed by atoms with Crippen molar-refractivity contribution in [2.45, 2.75) is 25.2 Å². The number of amides is 1. The second kappa shape index (κ2) is 10.9. The van der Waals surface area contributed by atoms with Gasteiger partial charge in [0.15, 0.2) is 0 Å². The summed E-state index contributed by atoms with van der Waals surface area (Å²) >= 11 is 0. The van der Waals surface area contributed by atoms with Crippen LogP contribution >= 0.6 is 12.4 Å². The average Bonchev–Trinajstić information content (AvgIpc) is 2.63. The highest BCUT2D eigenvalue weighted by Crippen LogP contribution is 2.19. The molecule has 2 rings (SSSR count). The average molecular weight is 412 g/mol. The van der Waals surface area contributed by atoms with Gasteiger partial charge in [-0.25, -0.2) is 8.42 Å². The Morgan fingerprint density at radius 1 is 0.963 bits per heavy atom. The molecule has 0 aliphatic carbocycles. The molecule has 0 saturated heterocycles. The summed E-state index contributed by atoms with van der Waals surface area (Å²) in [5.41, 5.74) is 1.80. The van der Waals surface area contributed by atoms with Crippen molar-refractivity contribution in [3.05, 3.63) is 59.7 Å². The smallest absolute Gasteiger partial charge is 0.261 e. The number of halogens is 1. The Bertz CT molecular complexity index is 840. The van der Waals surface area contributed by atoms with Crippen molar-refractivity contribution in [2.75, 3.05) is 24.4 Å². The monoisotopic (exact) mass is 411 g/mol. The fraction of sp³-hybridized carbons (Fsp3) is 0.316. The Morgan fingerprint density at radius 2 is 1.63 bits per heavy atom. The van der Waals surface area contributed by atoms with Crippen molar-refractivity contribution in [3.8, 4) is 0 Å². The van der Waals surface area contributed by atoms with Crippen LogP contribution < -0.4 is 15.4 Å². The van der Waals surface area contributed by atoms with Crippen LogP contribution in [-0.4, -0.2) is 34.0 Å². The number of benzene rings is 2. The van der Waals surface area contributed by atoms with Crippen LogP contribution in [0, 0.1) is 6.92 Å². The molecule has 0 radical (unpaired) electrons. The predicted octanol–water partition coefficient (Wildman–Crippen LogP) is 2.95. The zero-order chi connectivity index (χ0) is 19.0. The minimum atomic E-state index is -3.70. The normalized spacial score (nSPS) is 10.7. The van der Waals surface area contributed by atoms with Crippen LogP contribution in [0.3, 0.4) is 0 Å². The number of para-hydroxylation sites is 1. The fourth-order valence-electron chi connectivity index (χ4n) is 2.34. The summed E-state index contributed by atoms with van der Waals surface area (Å²) in [6.07, 6.45) is 1.04. The minimum absolute atomic E-state index is 0. The molecule has 3 N–H and O–H groups in total. The van der Waals surface area contributed by atoms with Gasteiger partial charge < -0.3 is 10.6 Å². The molecule has 0 aliphatic heterocycles. The van der Waals surface area contributed by atoms with Gasteiger partial charge in [-0.1, -0.05) is 25.1 Å². The molecule has 148 valence electrons. The van der Waals surface area contributed by atoms with Gasteiger partial charge >= 0.3 is 0 Å². The third-order valence-corrected chi connectivity index (χ3v) is 5.21. The van der Waals surface area contributed by atoms with Crippen LogP contribution in [0.4, 0.5) is 5.69 Å². The van der Waals surface area contributed by atoms with E-state index in [9.17, 15) is 13.2 Å². The standard InChI is InChI=1S/C19H25N3O3S.ClH/c1-3-12-20-13-14-21-19(23)16-8-10-17(11-9-16)26(24,25)22-18-7-5-4-6-15(18)2;/h4-11,20,22H,3,12-14H2,1-2H3,(H,21,23);1H. The summed E-state index contributed by atoms with van der Waals surface area (Å²) in [5.74, 6) is -0.223. The summed E-state index contributed by atoms with van der Waals surface area (Å²) in [5, 5.41) is 5.99. The van der Waals surface area contributed by atoms with Crippen molar-refractivity contribution in [1.82, 2.24) is 10.6 Å². The zero-order valence-electron chi connectivity index (χ0n) is 15.5. The maximum Gasteiger partial charge on any atom is 0.261 e. The van der Waals surface area contributed by atoms with Crippen LogP contribution in [0.1, 0.15) is 29.3 Å². The molecule has 0 spiro atoms. The van der Waals surface area contributed by atoms with Crippen molar-refractivity contribution >= 4 is 34.0 Å². The SMILES string of the molecule is CCCNCCNC(=O)c1ccc(S(=O)(=O)Nc2ccccc2C)cc1.Cl. The highest BCUT2D eigenvalue weighted by Gasteiger charge is 2.16. The lowest BCUT2D eigenvalue weighted by Gasteiger charge is -2.11. The molecule has 0 unspecified atom stereocenters. The summed E-state index contributed by atoms with van der Waals surface area (Å²) in [4.78, 5) is 12.2. The van der Waals surface area contributed by atoms with Gasteiger partial charge in [0.1, 0.15) is 0 Å². The van der Waals surface area contributed by atoms with Gasteiger partial charge in [0.2, 0.25) is 0 Å². The number of hydrogen-bond donors (Lipinski definition) is 3. The zero-order valence-corrected chi connectivity index (χ0v) is 17.1. The van der Waals surface area contributed by atoms with Crippen molar-refractivity contribution in [3.63, 3.8) is 0 Å². The van der Waals surface area contributed by atoms with Gasteiger partial charge in [0.25, 0.3) is 15.9 Å². The molecule has 2 aromatic rings. The molecule has 27 heavy (non-hydrogen) atoms. The van der Waals surface area contributed by atoms with Gasteiger partial charge in [0, 0.05) is 18.7 Å². The fourth-order valence-corrected chi connectivity index (χ4v) is 3.48. The first-order chi connectivity index (χ1) is 12.4. The van der Waals surface area contributed by atoms with Crippen LogP contribution in [-0.2, 0) is 10.0 Å². The highest BCUT2D eigenvalue weighted by molar-refractivity contribution is 7.92. The van der Waals surface area contributed by atoms with Crippen molar-refractivity contribution in [1.29, 1.82) is 0 Å². The Balaban J connectivity index is 0.00000364. The summed E-state index contributed by atoms with van der Waals surface area (Å²) in [6, 6.07) is 13.1. The van der Waals surface area contributed by atoms with E-state index >= 15 is 0 Å². The minimum Gasteiger partial charge on any atom is -0.351 e.